The number of methoxy groups -OCH3 is 1. The Hall–Kier alpha value is -3.00. The average Bonchev–Trinajstić information content (AvgIpc) is 2.82. The Morgan fingerprint density at radius 2 is 1.91 bits per heavy atom. The molecule has 1 saturated heterocycles. The predicted octanol–water partition coefficient (Wildman–Crippen LogP) is 2.36. The number of piperazine rings is 1. The Kier molecular flexibility index (Phi) is 8.98. The first-order valence-corrected chi connectivity index (χ1v) is 11.3. The summed E-state index contributed by atoms with van der Waals surface area (Å²) in [5, 5.41) is 6.64. The lowest BCUT2D eigenvalue weighted by Crippen LogP contribution is -2.44. The lowest BCUT2D eigenvalue weighted by Gasteiger charge is -2.33. The number of aliphatic imine (C=N–C) groups is 1. The van der Waals surface area contributed by atoms with Crippen molar-refractivity contribution in [2.45, 2.75) is 26.5 Å². The monoisotopic (exact) mass is 440 g/mol. The third kappa shape index (κ3) is 7.30. The first-order valence-electron chi connectivity index (χ1n) is 11.3. The fourth-order valence-electron chi connectivity index (χ4n) is 3.43. The maximum Gasteiger partial charge on any atom is 0.191 e. The zero-order valence-electron chi connectivity index (χ0n) is 19.7. The summed E-state index contributed by atoms with van der Waals surface area (Å²) in [7, 11) is 3.81. The van der Waals surface area contributed by atoms with E-state index in [2.05, 4.69) is 51.5 Å². The maximum atomic E-state index is 5.98. The maximum absolute atomic E-state index is 5.98. The van der Waals surface area contributed by atoms with Crippen molar-refractivity contribution in [2.24, 2.45) is 4.99 Å². The van der Waals surface area contributed by atoms with E-state index in [1.54, 1.807) is 7.11 Å². The molecule has 1 atom stereocenters. The van der Waals surface area contributed by atoms with Gasteiger partial charge in [0, 0.05) is 45.0 Å². The summed E-state index contributed by atoms with van der Waals surface area (Å²) in [6, 6.07) is 11.8. The molecule has 1 unspecified atom stereocenters. The smallest absolute Gasteiger partial charge is 0.191 e. The molecule has 32 heavy (non-hydrogen) atoms. The minimum atomic E-state index is -0.0319. The molecule has 1 aliphatic heterocycles. The van der Waals surface area contributed by atoms with Crippen LogP contribution >= 0.6 is 0 Å². The third-order valence-corrected chi connectivity index (χ3v) is 5.34. The number of nitrogens with zero attached hydrogens (tertiary/aromatic N) is 4. The molecule has 1 aromatic heterocycles. The fourth-order valence-corrected chi connectivity index (χ4v) is 3.43. The summed E-state index contributed by atoms with van der Waals surface area (Å²) in [6.45, 7) is 10.3. The Morgan fingerprint density at radius 3 is 2.59 bits per heavy atom. The molecule has 2 aromatic rings. The van der Waals surface area contributed by atoms with E-state index in [0.29, 0.717) is 13.1 Å². The van der Waals surface area contributed by atoms with E-state index < -0.39 is 0 Å². The fraction of sp³-hybridized carbons (Fsp3) is 0.500. The molecule has 2 N–H and O–H groups in total. The van der Waals surface area contributed by atoms with Gasteiger partial charge in [-0.25, -0.2) is 9.98 Å². The molecule has 0 spiro atoms. The van der Waals surface area contributed by atoms with Gasteiger partial charge in [0.1, 0.15) is 23.4 Å². The number of guanidine groups is 1. The van der Waals surface area contributed by atoms with Crippen molar-refractivity contribution in [1.82, 2.24) is 20.5 Å². The average molecular weight is 441 g/mol. The highest BCUT2D eigenvalue weighted by molar-refractivity contribution is 5.79. The van der Waals surface area contributed by atoms with Crippen LogP contribution in [0.25, 0.3) is 0 Å². The molecule has 0 amide bonds. The highest BCUT2D eigenvalue weighted by atomic mass is 16.5. The van der Waals surface area contributed by atoms with Crippen molar-refractivity contribution in [3.8, 4) is 11.5 Å². The van der Waals surface area contributed by atoms with Crippen LogP contribution in [0.15, 0.2) is 47.6 Å². The van der Waals surface area contributed by atoms with Gasteiger partial charge < -0.3 is 29.9 Å². The van der Waals surface area contributed by atoms with E-state index in [1.807, 2.05) is 37.4 Å². The molecule has 1 fully saturated rings. The van der Waals surface area contributed by atoms with Gasteiger partial charge in [-0.15, -0.1) is 0 Å². The molecule has 1 aromatic carbocycles. The van der Waals surface area contributed by atoms with Crippen LogP contribution in [0.2, 0.25) is 0 Å². The number of hydrogen-bond acceptors (Lipinski definition) is 6. The second-order valence-corrected chi connectivity index (χ2v) is 8.00. The number of nitrogens with one attached hydrogen (secondary N) is 2. The molecule has 2 heterocycles. The van der Waals surface area contributed by atoms with E-state index in [-0.39, 0.29) is 6.10 Å². The zero-order valence-corrected chi connectivity index (χ0v) is 19.7. The standard InChI is InChI=1S/C24H36N6O2/c1-5-25-24(27-16-19(2)32-22-8-6-7-21(15-22)31-4)28-18-20-9-10-23(26-17-20)30-13-11-29(3)12-14-30/h6-10,15,17,19H,5,11-14,16,18H2,1-4H3,(H2,25,27,28). The molecule has 8 nitrogen and oxygen atoms in total. The van der Waals surface area contributed by atoms with Crippen molar-refractivity contribution in [1.29, 1.82) is 0 Å². The summed E-state index contributed by atoms with van der Waals surface area (Å²) in [5.41, 5.74) is 1.08. The van der Waals surface area contributed by atoms with Crippen LogP contribution in [0, 0.1) is 0 Å². The van der Waals surface area contributed by atoms with Crippen LogP contribution in [0.5, 0.6) is 11.5 Å². The van der Waals surface area contributed by atoms with Gasteiger partial charge in [0.2, 0.25) is 0 Å². The van der Waals surface area contributed by atoms with E-state index in [4.69, 9.17) is 14.5 Å². The molecule has 3 rings (SSSR count). The topological polar surface area (TPSA) is 74.3 Å². The van der Waals surface area contributed by atoms with E-state index in [9.17, 15) is 0 Å². The first-order chi connectivity index (χ1) is 15.6. The highest BCUT2D eigenvalue weighted by Gasteiger charge is 2.15. The summed E-state index contributed by atoms with van der Waals surface area (Å²) in [5.74, 6) is 3.37. The number of rotatable bonds is 9. The largest absolute Gasteiger partial charge is 0.497 e. The Balaban J connectivity index is 1.50. The Labute approximate surface area is 191 Å². The molecular weight excluding hydrogens is 404 g/mol. The Bertz CT molecular complexity index is 850. The van der Waals surface area contributed by atoms with Gasteiger partial charge in [-0.05, 0) is 44.7 Å². The van der Waals surface area contributed by atoms with Crippen molar-refractivity contribution in [3.63, 3.8) is 0 Å². The van der Waals surface area contributed by atoms with Crippen LogP contribution < -0.4 is 25.0 Å². The lowest BCUT2D eigenvalue weighted by molar-refractivity contribution is 0.223. The first kappa shape index (κ1) is 23.7. The molecule has 1 aliphatic rings. The van der Waals surface area contributed by atoms with Gasteiger partial charge in [-0.1, -0.05) is 12.1 Å². The van der Waals surface area contributed by atoms with Crippen LogP contribution in [-0.2, 0) is 6.54 Å². The molecule has 0 saturated carbocycles. The SMILES string of the molecule is CCNC(=NCc1ccc(N2CCN(C)CC2)nc1)NCC(C)Oc1cccc(OC)c1. The molecule has 0 bridgehead atoms. The van der Waals surface area contributed by atoms with Gasteiger partial charge in [0.05, 0.1) is 20.2 Å². The van der Waals surface area contributed by atoms with Gasteiger partial charge in [0.15, 0.2) is 5.96 Å². The third-order valence-electron chi connectivity index (χ3n) is 5.34. The summed E-state index contributed by atoms with van der Waals surface area (Å²) >= 11 is 0. The number of benzene rings is 1. The van der Waals surface area contributed by atoms with Gasteiger partial charge in [0.25, 0.3) is 0 Å². The Morgan fingerprint density at radius 1 is 1.12 bits per heavy atom. The minimum Gasteiger partial charge on any atom is -0.497 e. The number of aromatic nitrogens is 1. The van der Waals surface area contributed by atoms with E-state index >= 15 is 0 Å². The molecule has 8 heteroatoms. The number of anilines is 1. The summed E-state index contributed by atoms with van der Waals surface area (Å²) in [4.78, 5) is 14.0. The molecule has 174 valence electrons. The number of likely N-dealkylation sites (N-methyl/N-ethyl adjacent to an activating group) is 1. The van der Waals surface area contributed by atoms with Crippen LogP contribution in [-0.4, -0.2) is 75.4 Å². The normalized spacial score (nSPS) is 15.9. The minimum absolute atomic E-state index is 0.0319. The van der Waals surface area contributed by atoms with Gasteiger partial charge in [-0.2, -0.15) is 0 Å². The van der Waals surface area contributed by atoms with Crippen LogP contribution in [0.1, 0.15) is 19.4 Å². The van der Waals surface area contributed by atoms with E-state index in [0.717, 1.165) is 61.6 Å². The van der Waals surface area contributed by atoms with Crippen molar-refractivity contribution >= 4 is 11.8 Å². The number of hydrogen-bond donors (Lipinski definition) is 2. The number of pyridine rings is 1. The summed E-state index contributed by atoms with van der Waals surface area (Å²) in [6.07, 6.45) is 1.89. The molecule has 0 aliphatic carbocycles. The summed E-state index contributed by atoms with van der Waals surface area (Å²) < 4.78 is 11.2. The van der Waals surface area contributed by atoms with Gasteiger partial charge in [-0.3, -0.25) is 0 Å². The second kappa shape index (κ2) is 12.1. The lowest BCUT2D eigenvalue weighted by atomic mass is 10.2. The van der Waals surface area contributed by atoms with Crippen LogP contribution in [0.4, 0.5) is 5.82 Å². The molecule has 0 radical (unpaired) electrons. The van der Waals surface area contributed by atoms with E-state index in [1.165, 1.54) is 0 Å². The van der Waals surface area contributed by atoms with Crippen molar-refractivity contribution in [2.75, 3.05) is 58.3 Å². The van der Waals surface area contributed by atoms with Crippen molar-refractivity contribution < 1.29 is 9.47 Å². The van der Waals surface area contributed by atoms with Crippen molar-refractivity contribution in [3.05, 3.63) is 48.2 Å². The van der Waals surface area contributed by atoms with Gasteiger partial charge >= 0.3 is 0 Å². The quantitative estimate of drug-likeness (QED) is 0.458. The molecular formula is C24H36N6O2. The zero-order chi connectivity index (χ0) is 22.8. The second-order valence-electron chi connectivity index (χ2n) is 8.00. The van der Waals surface area contributed by atoms with Crippen LogP contribution in [0.3, 0.4) is 0 Å². The number of ether oxygens (including phenoxy) is 2. The predicted molar refractivity (Wildman–Crippen MR) is 130 cm³/mol. The highest BCUT2D eigenvalue weighted by Crippen LogP contribution is 2.19.